The third-order valence-electron chi connectivity index (χ3n) is 4.53. The molecule has 3 rings (SSSR count). The number of rotatable bonds is 1. The minimum atomic E-state index is -0.495. The van der Waals surface area contributed by atoms with Crippen molar-refractivity contribution in [3.8, 4) is 0 Å². The predicted octanol–water partition coefficient (Wildman–Crippen LogP) is 0.120. The Labute approximate surface area is 97.2 Å². The fraction of sp³-hybridized carbons (Fsp3) is 1.00. The highest BCUT2D eigenvalue weighted by atomic mass is 16.6. The van der Waals surface area contributed by atoms with Gasteiger partial charge in [0.1, 0.15) is 0 Å². The molecule has 2 saturated heterocycles. The van der Waals surface area contributed by atoms with Crippen molar-refractivity contribution in [1.29, 1.82) is 0 Å². The normalized spacial score (nSPS) is 46.1. The molecule has 0 bridgehead atoms. The molecule has 3 fully saturated rings. The largest absolute Gasteiger partial charge is 0.368 e. The molecular formula is C12H22N2O2. The van der Waals surface area contributed by atoms with Gasteiger partial charge in [0.15, 0.2) is 6.29 Å². The Morgan fingerprint density at radius 2 is 1.88 bits per heavy atom. The number of hydrogen-bond donors (Lipinski definition) is 1. The lowest BCUT2D eigenvalue weighted by molar-refractivity contribution is -0.0906. The maximum atomic E-state index is 9.54. The van der Waals surface area contributed by atoms with E-state index in [0.29, 0.717) is 18.1 Å². The van der Waals surface area contributed by atoms with Crippen molar-refractivity contribution < 1.29 is 9.84 Å². The topological polar surface area (TPSA) is 35.9 Å². The Morgan fingerprint density at radius 1 is 1.12 bits per heavy atom. The Balaban J connectivity index is 1.63. The molecule has 3 aliphatic rings. The van der Waals surface area contributed by atoms with Gasteiger partial charge in [-0.05, 0) is 19.9 Å². The van der Waals surface area contributed by atoms with Crippen LogP contribution in [0, 0.1) is 5.92 Å². The number of aliphatic hydroxyl groups excluding tert-OH is 1. The zero-order valence-corrected chi connectivity index (χ0v) is 10.0. The van der Waals surface area contributed by atoms with Gasteiger partial charge in [0.2, 0.25) is 0 Å². The Hall–Kier alpha value is -0.160. The zero-order chi connectivity index (χ0) is 11.1. The molecule has 0 aromatic rings. The van der Waals surface area contributed by atoms with Crippen molar-refractivity contribution in [2.75, 3.05) is 33.2 Å². The van der Waals surface area contributed by atoms with Crippen LogP contribution in [0.5, 0.6) is 0 Å². The molecule has 0 aromatic carbocycles. The van der Waals surface area contributed by atoms with Gasteiger partial charge in [-0.2, -0.15) is 0 Å². The highest BCUT2D eigenvalue weighted by molar-refractivity contribution is 4.96. The fourth-order valence-corrected chi connectivity index (χ4v) is 3.59. The lowest BCUT2D eigenvalue weighted by atomic mass is 9.98. The van der Waals surface area contributed by atoms with Gasteiger partial charge in [-0.1, -0.05) is 0 Å². The predicted molar refractivity (Wildman–Crippen MR) is 61.1 cm³/mol. The summed E-state index contributed by atoms with van der Waals surface area (Å²) in [7, 11) is 2.19. The Morgan fingerprint density at radius 3 is 2.62 bits per heavy atom. The van der Waals surface area contributed by atoms with Crippen molar-refractivity contribution in [3.05, 3.63) is 0 Å². The molecular weight excluding hydrogens is 204 g/mol. The second-order valence-corrected chi connectivity index (χ2v) is 5.51. The van der Waals surface area contributed by atoms with E-state index in [1.165, 1.54) is 32.6 Å². The second kappa shape index (κ2) is 4.26. The van der Waals surface area contributed by atoms with Crippen LogP contribution in [0.4, 0.5) is 0 Å². The lowest BCUT2D eigenvalue weighted by Gasteiger charge is -2.38. The van der Waals surface area contributed by atoms with E-state index in [4.69, 9.17) is 4.74 Å². The molecule has 4 atom stereocenters. The quantitative estimate of drug-likeness (QED) is 0.689. The monoisotopic (exact) mass is 226 g/mol. The lowest BCUT2D eigenvalue weighted by Crippen LogP contribution is -2.50. The van der Waals surface area contributed by atoms with Gasteiger partial charge >= 0.3 is 0 Å². The summed E-state index contributed by atoms with van der Waals surface area (Å²) in [5.41, 5.74) is 0. The standard InChI is InChI=1S/C12H22N2O2/c1-13-4-6-14(7-5-13)10-2-3-11-9(10)8-12(15)16-11/h9-12,15H,2-8H2,1H3. The van der Waals surface area contributed by atoms with Crippen LogP contribution in [0.3, 0.4) is 0 Å². The minimum absolute atomic E-state index is 0.333. The van der Waals surface area contributed by atoms with Crippen molar-refractivity contribution in [3.63, 3.8) is 0 Å². The molecule has 1 aliphatic carbocycles. The molecule has 1 N–H and O–H groups in total. The first-order valence-corrected chi connectivity index (χ1v) is 6.50. The van der Waals surface area contributed by atoms with Crippen molar-refractivity contribution in [2.45, 2.75) is 37.7 Å². The maximum absolute atomic E-state index is 9.54. The summed E-state index contributed by atoms with van der Waals surface area (Å²) in [6.07, 6.45) is 3.08. The number of fused-ring (bicyclic) bond motifs is 1. The van der Waals surface area contributed by atoms with Crippen LogP contribution in [0.25, 0.3) is 0 Å². The van der Waals surface area contributed by atoms with Crippen LogP contribution >= 0.6 is 0 Å². The summed E-state index contributed by atoms with van der Waals surface area (Å²) in [6.45, 7) is 4.72. The van der Waals surface area contributed by atoms with Crippen LogP contribution in [0.15, 0.2) is 0 Å². The third-order valence-corrected chi connectivity index (χ3v) is 4.53. The molecule has 2 heterocycles. The maximum Gasteiger partial charge on any atom is 0.155 e. The molecule has 4 unspecified atom stereocenters. The molecule has 2 aliphatic heterocycles. The first-order valence-electron chi connectivity index (χ1n) is 6.50. The van der Waals surface area contributed by atoms with Crippen molar-refractivity contribution in [1.82, 2.24) is 9.80 Å². The Kier molecular flexibility index (Phi) is 2.92. The van der Waals surface area contributed by atoms with Gasteiger partial charge in [-0.25, -0.2) is 0 Å². The van der Waals surface area contributed by atoms with E-state index in [1.807, 2.05) is 0 Å². The summed E-state index contributed by atoms with van der Waals surface area (Å²) >= 11 is 0. The summed E-state index contributed by atoms with van der Waals surface area (Å²) < 4.78 is 5.55. The summed E-state index contributed by atoms with van der Waals surface area (Å²) in [4.78, 5) is 5.01. The van der Waals surface area contributed by atoms with Gasteiger partial charge in [-0.3, -0.25) is 4.90 Å². The van der Waals surface area contributed by atoms with E-state index in [1.54, 1.807) is 0 Å². The van der Waals surface area contributed by atoms with Gasteiger partial charge in [0, 0.05) is 44.6 Å². The SMILES string of the molecule is CN1CCN(C2CCC3OC(O)CC32)CC1. The second-order valence-electron chi connectivity index (χ2n) is 5.51. The van der Waals surface area contributed by atoms with Crippen LogP contribution in [0.2, 0.25) is 0 Å². The highest BCUT2D eigenvalue weighted by Gasteiger charge is 2.46. The third kappa shape index (κ3) is 1.88. The van der Waals surface area contributed by atoms with Crippen molar-refractivity contribution in [2.24, 2.45) is 5.92 Å². The molecule has 0 spiro atoms. The van der Waals surface area contributed by atoms with Gasteiger partial charge in [-0.15, -0.1) is 0 Å². The number of hydrogen-bond acceptors (Lipinski definition) is 4. The molecule has 0 aromatic heterocycles. The Bertz CT molecular complexity index is 253. The van der Waals surface area contributed by atoms with Gasteiger partial charge in [0.05, 0.1) is 6.10 Å². The van der Waals surface area contributed by atoms with E-state index in [2.05, 4.69) is 16.8 Å². The highest BCUT2D eigenvalue weighted by Crippen LogP contribution is 2.41. The van der Waals surface area contributed by atoms with Crippen LogP contribution < -0.4 is 0 Å². The van der Waals surface area contributed by atoms with Crippen LogP contribution in [-0.4, -0.2) is 66.6 Å². The van der Waals surface area contributed by atoms with E-state index in [9.17, 15) is 5.11 Å². The zero-order valence-electron chi connectivity index (χ0n) is 10.0. The molecule has 16 heavy (non-hydrogen) atoms. The van der Waals surface area contributed by atoms with Crippen LogP contribution in [-0.2, 0) is 4.74 Å². The summed E-state index contributed by atoms with van der Waals surface area (Å²) in [5, 5.41) is 9.54. The minimum Gasteiger partial charge on any atom is -0.368 e. The van der Waals surface area contributed by atoms with Crippen molar-refractivity contribution >= 4 is 0 Å². The number of nitrogens with zero attached hydrogens (tertiary/aromatic N) is 2. The van der Waals surface area contributed by atoms with Gasteiger partial charge in [0.25, 0.3) is 0 Å². The number of ether oxygens (including phenoxy) is 1. The number of likely N-dealkylation sites (N-methyl/N-ethyl adjacent to an activating group) is 1. The summed E-state index contributed by atoms with van der Waals surface area (Å²) in [5.74, 6) is 0.582. The molecule has 0 radical (unpaired) electrons. The molecule has 4 heteroatoms. The smallest absolute Gasteiger partial charge is 0.155 e. The van der Waals surface area contributed by atoms with Crippen LogP contribution in [0.1, 0.15) is 19.3 Å². The molecule has 4 nitrogen and oxygen atoms in total. The first-order chi connectivity index (χ1) is 7.74. The molecule has 92 valence electrons. The number of piperazine rings is 1. The number of aliphatic hydroxyl groups is 1. The molecule has 1 saturated carbocycles. The van der Waals surface area contributed by atoms with Gasteiger partial charge < -0.3 is 14.7 Å². The van der Waals surface area contributed by atoms with E-state index >= 15 is 0 Å². The average molecular weight is 226 g/mol. The van der Waals surface area contributed by atoms with E-state index < -0.39 is 6.29 Å². The average Bonchev–Trinajstić information content (AvgIpc) is 2.78. The van der Waals surface area contributed by atoms with E-state index in [0.717, 1.165) is 12.8 Å². The van der Waals surface area contributed by atoms with E-state index in [-0.39, 0.29) is 0 Å². The first kappa shape index (κ1) is 11.0. The summed E-state index contributed by atoms with van der Waals surface area (Å²) in [6, 6.07) is 0.663. The molecule has 0 amide bonds. The fourth-order valence-electron chi connectivity index (χ4n) is 3.59.